The molecular formula is C52H37NSSi. The van der Waals surface area contributed by atoms with Crippen molar-refractivity contribution in [3.63, 3.8) is 0 Å². The SMILES string of the molecule is C[Si]1(C)c2ccc(N(c3ccc(-c4ccc5ccccc5c4)cc3)c3ccc(-c4cccc5ccccc45)cc3)cc2-c2c1ccc1c2sc2ccccc21. The molecule has 0 aliphatic carbocycles. The summed E-state index contributed by atoms with van der Waals surface area (Å²) in [5, 5.41) is 10.8. The predicted molar refractivity (Wildman–Crippen MR) is 242 cm³/mol. The van der Waals surface area contributed by atoms with E-state index in [0.29, 0.717) is 0 Å². The van der Waals surface area contributed by atoms with Gasteiger partial charge in [0.1, 0.15) is 8.07 Å². The average Bonchev–Trinajstić information content (AvgIpc) is 3.73. The van der Waals surface area contributed by atoms with Crippen LogP contribution in [-0.4, -0.2) is 8.07 Å². The van der Waals surface area contributed by atoms with E-state index in [2.05, 4.69) is 206 Å². The summed E-state index contributed by atoms with van der Waals surface area (Å²) in [5.74, 6) is 0. The monoisotopic (exact) mass is 735 g/mol. The smallest absolute Gasteiger partial charge is 0.113 e. The molecule has 1 nitrogen and oxygen atoms in total. The van der Waals surface area contributed by atoms with Crippen LogP contribution in [0.5, 0.6) is 0 Å². The van der Waals surface area contributed by atoms with Crippen molar-refractivity contribution >= 4 is 88.6 Å². The molecule has 0 saturated heterocycles. The van der Waals surface area contributed by atoms with Crippen molar-refractivity contribution in [1.82, 2.24) is 0 Å². The maximum atomic E-state index is 2.52. The van der Waals surface area contributed by atoms with Crippen LogP contribution in [0, 0.1) is 0 Å². The van der Waals surface area contributed by atoms with E-state index < -0.39 is 8.07 Å². The second-order valence-corrected chi connectivity index (χ2v) is 20.7. The number of nitrogens with zero attached hydrogens (tertiary/aromatic N) is 1. The quantitative estimate of drug-likeness (QED) is 0.159. The van der Waals surface area contributed by atoms with Crippen molar-refractivity contribution in [2.24, 2.45) is 0 Å². The molecule has 2 heterocycles. The molecule has 0 radical (unpaired) electrons. The van der Waals surface area contributed by atoms with Crippen LogP contribution in [0.15, 0.2) is 188 Å². The zero-order chi connectivity index (χ0) is 36.7. The molecule has 0 bridgehead atoms. The van der Waals surface area contributed by atoms with E-state index in [0.717, 1.165) is 11.4 Å². The average molecular weight is 736 g/mol. The molecule has 1 aliphatic heterocycles. The first-order valence-corrected chi connectivity index (χ1v) is 22.9. The number of benzene rings is 9. The van der Waals surface area contributed by atoms with E-state index in [1.54, 1.807) is 5.19 Å². The molecule has 0 fully saturated rings. The zero-order valence-electron chi connectivity index (χ0n) is 30.8. The number of anilines is 3. The van der Waals surface area contributed by atoms with Crippen molar-refractivity contribution in [3.8, 4) is 33.4 Å². The van der Waals surface area contributed by atoms with Crippen LogP contribution in [0.25, 0.3) is 75.1 Å². The van der Waals surface area contributed by atoms with Crippen LogP contribution >= 0.6 is 11.3 Å². The summed E-state index contributed by atoms with van der Waals surface area (Å²) in [6, 6.07) is 69.9. The number of rotatable bonds is 5. The number of hydrogen-bond acceptors (Lipinski definition) is 2. The van der Waals surface area contributed by atoms with Gasteiger partial charge in [0.15, 0.2) is 0 Å². The molecule has 55 heavy (non-hydrogen) atoms. The van der Waals surface area contributed by atoms with Gasteiger partial charge in [-0.1, -0.05) is 153 Å². The van der Waals surface area contributed by atoms with Crippen molar-refractivity contribution < 1.29 is 0 Å². The first kappa shape index (κ1) is 32.2. The van der Waals surface area contributed by atoms with Crippen LogP contribution in [0.2, 0.25) is 13.1 Å². The summed E-state index contributed by atoms with van der Waals surface area (Å²) in [5.41, 5.74) is 11.2. The molecule has 0 unspecified atom stereocenters. The van der Waals surface area contributed by atoms with Crippen LogP contribution < -0.4 is 15.3 Å². The first-order chi connectivity index (χ1) is 27.0. The molecule has 10 aromatic rings. The van der Waals surface area contributed by atoms with E-state index in [1.807, 2.05) is 11.3 Å². The minimum absolute atomic E-state index is 1.14. The number of thiophene rings is 1. The Kier molecular flexibility index (Phi) is 7.25. The third-order valence-corrected chi connectivity index (χ3v) is 16.6. The summed E-state index contributed by atoms with van der Waals surface area (Å²) in [7, 11) is -1.91. The second-order valence-electron chi connectivity index (χ2n) is 15.3. The fraction of sp³-hybridized carbons (Fsp3) is 0.0385. The zero-order valence-corrected chi connectivity index (χ0v) is 32.6. The Hall–Kier alpha value is -6.26. The van der Waals surface area contributed by atoms with Gasteiger partial charge in [0.2, 0.25) is 0 Å². The van der Waals surface area contributed by atoms with E-state index in [4.69, 9.17) is 0 Å². The minimum atomic E-state index is -1.91. The van der Waals surface area contributed by atoms with Gasteiger partial charge >= 0.3 is 0 Å². The van der Waals surface area contributed by atoms with Gasteiger partial charge in [-0.05, 0) is 114 Å². The summed E-state index contributed by atoms with van der Waals surface area (Å²) in [4.78, 5) is 2.44. The fourth-order valence-electron chi connectivity index (χ4n) is 9.03. The van der Waals surface area contributed by atoms with Crippen molar-refractivity contribution in [3.05, 3.63) is 188 Å². The Balaban J connectivity index is 1.07. The molecule has 9 aromatic carbocycles. The number of hydrogen-bond donors (Lipinski definition) is 0. The van der Waals surface area contributed by atoms with Crippen molar-refractivity contribution in [2.75, 3.05) is 4.90 Å². The molecule has 1 aliphatic rings. The molecule has 1 aromatic heterocycles. The Bertz CT molecular complexity index is 3110. The standard InChI is InChI=1S/C52H37NSSi/c1-55(2)49-30-28-42(33-47(49)51-50(55)31-29-46-45-15-7-8-17-48(45)54-52(46)51)53(40-24-20-35(21-25-40)39-19-18-34-10-3-4-12-38(34)32-39)41-26-22-37(23-27-41)44-16-9-13-36-11-5-6-14-43(36)44/h3-33H,1-2H3. The Labute approximate surface area is 326 Å². The first-order valence-electron chi connectivity index (χ1n) is 19.1. The van der Waals surface area contributed by atoms with E-state index in [9.17, 15) is 0 Å². The molecule has 0 saturated carbocycles. The summed E-state index contributed by atoms with van der Waals surface area (Å²) in [6.45, 7) is 5.04. The molecule has 0 N–H and O–H groups in total. The normalized spacial score (nSPS) is 13.1. The van der Waals surface area contributed by atoms with Crippen molar-refractivity contribution in [2.45, 2.75) is 13.1 Å². The van der Waals surface area contributed by atoms with Gasteiger partial charge in [-0.2, -0.15) is 0 Å². The Morgan fingerprint density at radius 1 is 0.400 bits per heavy atom. The molecule has 11 rings (SSSR count). The number of fused-ring (bicyclic) bond motifs is 9. The predicted octanol–water partition coefficient (Wildman–Crippen LogP) is 14.0. The van der Waals surface area contributed by atoms with Crippen LogP contribution in [0.4, 0.5) is 17.1 Å². The van der Waals surface area contributed by atoms with E-state index in [1.165, 1.54) is 86.0 Å². The van der Waals surface area contributed by atoms with Gasteiger partial charge in [-0.15, -0.1) is 11.3 Å². The summed E-state index contributed by atoms with van der Waals surface area (Å²) < 4.78 is 2.77. The summed E-state index contributed by atoms with van der Waals surface area (Å²) >= 11 is 1.95. The summed E-state index contributed by atoms with van der Waals surface area (Å²) in [6.07, 6.45) is 0. The Morgan fingerprint density at radius 2 is 1.02 bits per heavy atom. The van der Waals surface area contributed by atoms with Crippen LogP contribution in [0.3, 0.4) is 0 Å². The van der Waals surface area contributed by atoms with Gasteiger partial charge in [-0.25, -0.2) is 0 Å². The molecule has 0 amide bonds. The highest BCUT2D eigenvalue weighted by Crippen LogP contribution is 2.45. The highest BCUT2D eigenvalue weighted by Gasteiger charge is 2.39. The third kappa shape index (κ3) is 5.11. The van der Waals surface area contributed by atoms with Gasteiger partial charge in [0.05, 0.1) is 0 Å². The minimum Gasteiger partial charge on any atom is -0.310 e. The highest BCUT2D eigenvalue weighted by molar-refractivity contribution is 7.26. The Morgan fingerprint density at radius 3 is 1.82 bits per heavy atom. The lowest BCUT2D eigenvalue weighted by atomic mass is 9.97. The molecular weight excluding hydrogens is 699 g/mol. The van der Waals surface area contributed by atoms with Gasteiger partial charge in [-0.3, -0.25) is 0 Å². The molecule has 0 spiro atoms. The third-order valence-electron chi connectivity index (χ3n) is 11.9. The molecule has 260 valence electrons. The maximum absolute atomic E-state index is 2.52. The van der Waals surface area contributed by atoms with Crippen molar-refractivity contribution in [1.29, 1.82) is 0 Å². The largest absolute Gasteiger partial charge is 0.310 e. The maximum Gasteiger partial charge on any atom is 0.113 e. The fourth-order valence-corrected chi connectivity index (χ4v) is 13.4. The van der Waals surface area contributed by atoms with Gasteiger partial charge in [0, 0.05) is 37.2 Å². The van der Waals surface area contributed by atoms with Gasteiger partial charge in [0.25, 0.3) is 0 Å². The van der Waals surface area contributed by atoms with Gasteiger partial charge < -0.3 is 4.90 Å². The van der Waals surface area contributed by atoms with Crippen LogP contribution in [-0.2, 0) is 0 Å². The lowest BCUT2D eigenvalue weighted by Gasteiger charge is -2.27. The highest BCUT2D eigenvalue weighted by atomic mass is 32.1. The lowest BCUT2D eigenvalue weighted by molar-refractivity contribution is 1.29. The lowest BCUT2D eigenvalue weighted by Crippen LogP contribution is -2.49. The van der Waals surface area contributed by atoms with E-state index >= 15 is 0 Å². The van der Waals surface area contributed by atoms with E-state index in [-0.39, 0.29) is 0 Å². The van der Waals surface area contributed by atoms with Crippen LogP contribution in [0.1, 0.15) is 0 Å². The second kappa shape index (κ2) is 12.4. The topological polar surface area (TPSA) is 3.24 Å². The molecule has 0 atom stereocenters. The molecule has 3 heteroatoms.